The summed E-state index contributed by atoms with van der Waals surface area (Å²) >= 11 is 0. The quantitative estimate of drug-likeness (QED) is 0.502. The van der Waals surface area contributed by atoms with Crippen LogP contribution in [0.1, 0.15) is 33.6 Å². The Hall–Kier alpha value is -0.660. The normalized spacial score (nSPS) is 50.2. The molecular formula is C13H21NO. The predicted octanol–water partition coefficient (Wildman–Crippen LogP) is 3.63. The van der Waals surface area contributed by atoms with Gasteiger partial charge in [0.25, 0.3) is 0 Å². The monoisotopic (exact) mass is 207 g/mol. The fourth-order valence-corrected chi connectivity index (χ4v) is 3.58. The predicted molar refractivity (Wildman–Crippen MR) is 62.4 cm³/mol. The molecule has 0 radical (unpaired) electrons. The van der Waals surface area contributed by atoms with Crippen LogP contribution in [0.5, 0.6) is 0 Å². The summed E-state index contributed by atoms with van der Waals surface area (Å²) in [5.41, 5.74) is 1.34. The molecule has 0 heterocycles. The maximum atomic E-state index is 11.0. The molecule has 2 aliphatic carbocycles. The Morgan fingerprint density at radius 1 is 1.27 bits per heavy atom. The van der Waals surface area contributed by atoms with Crippen LogP contribution in [0.2, 0.25) is 0 Å². The maximum absolute atomic E-state index is 11.0. The van der Waals surface area contributed by atoms with Crippen LogP contribution in [0.25, 0.3) is 0 Å². The molecule has 0 N–H and O–H groups in total. The van der Waals surface area contributed by atoms with E-state index >= 15 is 0 Å². The van der Waals surface area contributed by atoms with Crippen molar-refractivity contribution >= 4 is 0 Å². The molecule has 6 unspecified atom stereocenters. The minimum absolute atomic E-state index is 0.0351. The number of hydrogen-bond acceptors (Lipinski definition) is 2. The molecule has 0 saturated heterocycles. The Morgan fingerprint density at radius 3 is 2.33 bits per heavy atom. The van der Waals surface area contributed by atoms with Crippen molar-refractivity contribution in [2.45, 2.75) is 39.7 Å². The van der Waals surface area contributed by atoms with Gasteiger partial charge in [0, 0.05) is 0 Å². The van der Waals surface area contributed by atoms with E-state index in [0.29, 0.717) is 23.7 Å². The van der Waals surface area contributed by atoms with Crippen LogP contribution in [0.3, 0.4) is 0 Å². The lowest BCUT2D eigenvalue weighted by Crippen LogP contribution is -2.35. The van der Waals surface area contributed by atoms with E-state index in [-0.39, 0.29) is 6.04 Å². The third kappa shape index (κ3) is 1.75. The van der Waals surface area contributed by atoms with Crippen molar-refractivity contribution in [2.24, 2.45) is 34.8 Å². The molecular weight excluding hydrogens is 186 g/mol. The van der Waals surface area contributed by atoms with Gasteiger partial charge in [-0.05, 0) is 42.4 Å². The molecule has 2 fully saturated rings. The van der Waals surface area contributed by atoms with Crippen molar-refractivity contribution in [3.8, 4) is 0 Å². The Morgan fingerprint density at radius 2 is 1.87 bits per heavy atom. The molecule has 0 amide bonds. The first-order chi connectivity index (χ1) is 7.06. The average Bonchev–Trinajstić information content (AvgIpc) is 2.73. The Balaban J connectivity index is 2.13. The number of nitroso groups, excluding NO2 is 1. The van der Waals surface area contributed by atoms with Crippen molar-refractivity contribution in [1.82, 2.24) is 0 Å². The van der Waals surface area contributed by atoms with Crippen molar-refractivity contribution in [3.63, 3.8) is 0 Å². The number of allylic oxidation sites excluding steroid dienone is 1. The Bertz CT molecular complexity index is 286. The molecule has 0 aromatic carbocycles. The molecule has 0 aliphatic heterocycles. The third-order valence-corrected chi connectivity index (χ3v) is 4.50. The summed E-state index contributed by atoms with van der Waals surface area (Å²) in [6.45, 7) is 10.8. The summed E-state index contributed by atoms with van der Waals surface area (Å²) in [7, 11) is 0. The van der Waals surface area contributed by atoms with Gasteiger partial charge in [0.15, 0.2) is 0 Å². The zero-order valence-corrected chi connectivity index (χ0v) is 9.94. The molecule has 0 spiro atoms. The topological polar surface area (TPSA) is 29.4 Å². The fraction of sp³-hybridized carbons (Fsp3) is 0.846. The number of hydrogen-bond donors (Lipinski definition) is 0. The summed E-state index contributed by atoms with van der Waals surface area (Å²) in [5.74, 6) is 2.87. The molecule has 0 aromatic heterocycles. The van der Waals surface area contributed by atoms with Crippen molar-refractivity contribution in [1.29, 1.82) is 0 Å². The van der Waals surface area contributed by atoms with Crippen LogP contribution in [-0.4, -0.2) is 6.04 Å². The lowest BCUT2D eigenvalue weighted by Gasteiger charge is -2.35. The SMILES string of the molecule is C=C1C(C)C1C1CC(C)CC(C)C1N=O. The molecule has 2 saturated carbocycles. The minimum atomic E-state index is 0.0351. The highest BCUT2D eigenvalue weighted by molar-refractivity contribution is 5.27. The van der Waals surface area contributed by atoms with Gasteiger partial charge in [-0.1, -0.05) is 38.1 Å². The van der Waals surface area contributed by atoms with Gasteiger partial charge in [0.2, 0.25) is 0 Å². The lowest BCUT2D eigenvalue weighted by atomic mass is 9.71. The van der Waals surface area contributed by atoms with Crippen molar-refractivity contribution < 1.29 is 0 Å². The minimum Gasteiger partial charge on any atom is -0.150 e. The Labute approximate surface area is 92.1 Å². The summed E-state index contributed by atoms with van der Waals surface area (Å²) < 4.78 is 0. The van der Waals surface area contributed by atoms with E-state index in [1.54, 1.807) is 0 Å². The van der Waals surface area contributed by atoms with E-state index in [4.69, 9.17) is 0 Å². The summed E-state index contributed by atoms with van der Waals surface area (Å²) in [6, 6.07) is 0.0351. The molecule has 6 atom stereocenters. The highest BCUT2D eigenvalue weighted by Crippen LogP contribution is 2.55. The van der Waals surface area contributed by atoms with Gasteiger partial charge in [0.1, 0.15) is 0 Å². The smallest absolute Gasteiger partial charge is 0.0979 e. The van der Waals surface area contributed by atoms with Crippen LogP contribution >= 0.6 is 0 Å². The number of rotatable bonds is 2. The molecule has 2 rings (SSSR count). The van der Waals surface area contributed by atoms with Crippen LogP contribution < -0.4 is 0 Å². The summed E-state index contributed by atoms with van der Waals surface area (Å²) in [4.78, 5) is 11.0. The van der Waals surface area contributed by atoms with E-state index in [2.05, 4.69) is 32.5 Å². The first-order valence-electron chi connectivity index (χ1n) is 6.07. The van der Waals surface area contributed by atoms with E-state index in [1.165, 1.54) is 5.57 Å². The largest absolute Gasteiger partial charge is 0.150 e. The Kier molecular flexibility index (Phi) is 2.70. The first kappa shape index (κ1) is 10.8. The molecule has 84 valence electrons. The molecule has 15 heavy (non-hydrogen) atoms. The second kappa shape index (κ2) is 3.73. The van der Waals surface area contributed by atoms with Gasteiger partial charge in [-0.2, -0.15) is 4.91 Å². The van der Waals surface area contributed by atoms with Gasteiger partial charge in [-0.15, -0.1) is 0 Å². The van der Waals surface area contributed by atoms with Gasteiger partial charge in [-0.3, -0.25) is 0 Å². The molecule has 2 aliphatic rings. The van der Waals surface area contributed by atoms with Gasteiger partial charge >= 0.3 is 0 Å². The van der Waals surface area contributed by atoms with E-state index in [1.807, 2.05) is 0 Å². The van der Waals surface area contributed by atoms with Crippen molar-refractivity contribution in [3.05, 3.63) is 17.1 Å². The van der Waals surface area contributed by atoms with Crippen LogP contribution in [0.15, 0.2) is 17.3 Å². The van der Waals surface area contributed by atoms with Gasteiger partial charge < -0.3 is 0 Å². The molecule has 2 nitrogen and oxygen atoms in total. The highest BCUT2D eigenvalue weighted by atomic mass is 16.3. The standard InChI is InChI=1S/C13H21NO/c1-7-5-8(2)13(14-15)11(6-7)12-9(3)10(12)4/h7-8,10-13H,3,5-6H2,1-2,4H3. The van der Waals surface area contributed by atoms with Crippen LogP contribution in [0, 0.1) is 34.5 Å². The summed E-state index contributed by atoms with van der Waals surface area (Å²) in [5, 5.41) is 3.38. The van der Waals surface area contributed by atoms with E-state index < -0.39 is 0 Å². The zero-order valence-electron chi connectivity index (χ0n) is 9.94. The molecule has 0 bridgehead atoms. The van der Waals surface area contributed by atoms with E-state index in [0.717, 1.165) is 18.8 Å². The molecule has 2 heteroatoms. The second-order valence-electron chi connectivity index (χ2n) is 5.70. The number of nitrogens with zero attached hydrogens (tertiary/aromatic N) is 1. The van der Waals surface area contributed by atoms with Gasteiger partial charge in [-0.25, -0.2) is 0 Å². The van der Waals surface area contributed by atoms with Crippen molar-refractivity contribution in [2.75, 3.05) is 0 Å². The van der Waals surface area contributed by atoms with E-state index in [9.17, 15) is 4.91 Å². The summed E-state index contributed by atoms with van der Waals surface area (Å²) in [6.07, 6.45) is 2.31. The van der Waals surface area contributed by atoms with Gasteiger partial charge in [0.05, 0.1) is 6.04 Å². The third-order valence-electron chi connectivity index (χ3n) is 4.50. The molecule has 0 aromatic rings. The second-order valence-corrected chi connectivity index (χ2v) is 5.70. The fourth-order valence-electron chi connectivity index (χ4n) is 3.58. The van der Waals surface area contributed by atoms with Crippen LogP contribution in [-0.2, 0) is 0 Å². The highest BCUT2D eigenvalue weighted by Gasteiger charge is 2.50. The first-order valence-corrected chi connectivity index (χ1v) is 6.07. The average molecular weight is 207 g/mol. The zero-order chi connectivity index (χ0) is 11.2. The maximum Gasteiger partial charge on any atom is 0.0979 e. The van der Waals surface area contributed by atoms with Crippen LogP contribution in [0.4, 0.5) is 0 Å². The lowest BCUT2D eigenvalue weighted by molar-refractivity contribution is 0.163.